The largest absolute Gasteiger partial charge is 0.343 e. The van der Waals surface area contributed by atoms with Crippen LogP contribution in [0.25, 0.3) is 11.3 Å². The first-order valence-electron chi connectivity index (χ1n) is 9.50. The average molecular weight is 422 g/mol. The Morgan fingerprint density at radius 3 is 2.69 bits per heavy atom. The number of thiophene rings is 1. The number of benzene rings is 1. The first-order valence-corrected chi connectivity index (χ1v) is 11.3. The molecule has 4 aromatic rings. The van der Waals surface area contributed by atoms with Crippen LogP contribution in [0.5, 0.6) is 0 Å². The van der Waals surface area contributed by atoms with Gasteiger partial charge in [0.2, 0.25) is 5.91 Å². The predicted octanol–water partition coefficient (Wildman–Crippen LogP) is 5.83. The zero-order chi connectivity index (χ0) is 20.4. The summed E-state index contributed by atoms with van der Waals surface area (Å²) in [6.07, 6.45) is 0.285. The molecule has 6 heteroatoms. The smallest absolute Gasteiger partial charge is 0.231 e. The second-order valence-electron chi connectivity index (χ2n) is 7.12. The minimum Gasteiger partial charge on any atom is -0.343 e. The topological polar surface area (TPSA) is 46.9 Å². The SMILES string of the molecule is Cc1ccccc1NC(=O)Cc1nc(-c2cc(C)n(Cc3cccs3)c2C)cs1. The summed E-state index contributed by atoms with van der Waals surface area (Å²) >= 11 is 3.31. The first kappa shape index (κ1) is 19.6. The zero-order valence-electron chi connectivity index (χ0n) is 16.7. The van der Waals surface area contributed by atoms with Crippen molar-refractivity contribution in [1.29, 1.82) is 0 Å². The van der Waals surface area contributed by atoms with Crippen LogP contribution >= 0.6 is 22.7 Å². The van der Waals surface area contributed by atoms with Gasteiger partial charge in [-0.3, -0.25) is 4.79 Å². The molecule has 0 saturated carbocycles. The van der Waals surface area contributed by atoms with Crippen LogP contribution in [-0.4, -0.2) is 15.5 Å². The molecular weight excluding hydrogens is 398 g/mol. The number of hydrogen-bond acceptors (Lipinski definition) is 4. The maximum absolute atomic E-state index is 12.4. The highest BCUT2D eigenvalue weighted by Crippen LogP contribution is 2.29. The fraction of sp³-hybridized carbons (Fsp3) is 0.217. The minimum absolute atomic E-state index is 0.0385. The van der Waals surface area contributed by atoms with E-state index in [0.717, 1.165) is 34.1 Å². The fourth-order valence-electron chi connectivity index (χ4n) is 3.42. The van der Waals surface area contributed by atoms with Crippen molar-refractivity contribution in [1.82, 2.24) is 9.55 Å². The van der Waals surface area contributed by atoms with Crippen molar-refractivity contribution in [3.8, 4) is 11.3 Å². The third-order valence-corrected chi connectivity index (χ3v) is 6.74. The summed E-state index contributed by atoms with van der Waals surface area (Å²) < 4.78 is 2.32. The molecule has 0 fully saturated rings. The second-order valence-corrected chi connectivity index (χ2v) is 9.09. The van der Waals surface area contributed by atoms with E-state index in [1.54, 1.807) is 11.3 Å². The molecule has 148 valence electrons. The van der Waals surface area contributed by atoms with E-state index in [-0.39, 0.29) is 12.3 Å². The number of aromatic nitrogens is 2. The molecule has 0 spiro atoms. The Hall–Kier alpha value is -2.70. The van der Waals surface area contributed by atoms with E-state index in [0.29, 0.717) is 0 Å². The second kappa shape index (κ2) is 8.35. The molecule has 0 saturated heterocycles. The van der Waals surface area contributed by atoms with E-state index in [4.69, 9.17) is 4.98 Å². The van der Waals surface area contributed by atoms with Gasteiger partial charge in [-0.25, -0.2) is 4.98 Å². The number of anilines is 1. The van der Waals surface area contributed by atoms with Crippen molar-refractivity contribution < 1.29 is 4.79 Å². The minimum atomic E-state index is -0.0385. The van der Waals surface area contributed by atoms with E-state index in [1.807, 2.05) is 36.6 Å². The molecule has 0 aliphatic heterocycles. The molecular formula is C23H23N3OS2. The summed E-state index contributed by atoms with van der Waals surface area (Å²) in [5, 5.41) is 7.97. The van der Waals surface area contributed by atoms with Crippen LogP contribution in [0.15, 0.2) is 53.2 Å². The van der Waals surface area contributed by atoms with Crippen molar-refractivity contribution >= 4 is 34.3 Å². The van der Waals surface area contributed by atoms with Crippen molar-refractivity contribution in [2.75, 3.05) is 5.32 Å². The molecule has 0 aliphatic carbocycles. The summed E-state index contributed by atoms with van der Waals surface area (Å²) in [7, 11) is 0. The molecule has 0 atom stereocenters. The lowest BCUT2D eigenvalue weighted by Gasteiger charge is -2.08. The lowest BCUT2D eigenvalue weighted by molar-refractivity contribution is -0.115. The number of nitrogens with one attached hydrogen (secondary N) is 1. The van der Waals surface area contributed by atoms with Crippen molar-refractivity contribution in [3.05, 3.63) is 80.1 Å². The van der Waals surface area contributed by atoms with Crippen LogP contribution in [0.1, 0.15) is 26.8 Å². The van der Waals surface area contributed by atoms with Gasteiger partial charge in [-0.05, 0) is 49.9 Å². The lowest BCUT2D eigenvalue weighted by Crippen LogP contribution is -2.14. The van der Waals surface area contributed by atoms with Gasteiger partial charge in [-0.2, -0.15) is 0 Å². The molecule has 0 radical (unpaired) electrons. The molecule has 4 rings (SSSR count). The number of carbonyl (C=O) groups excluding carboxylic acids is 1. The van der Waals surface area contributed by atoms with Crippen LogP contribution in [0.3, 0.4) is 0 Å². The molecule has 3 heterocycles. The standard InChI is InChI=1S/C23H23N3OS2/c1-15-7-4-5-9-20(15)24-22(27)12-23-25-21(14-29-23)19-11-16(2)26(17(19)3)13-18-8-6-10-28-18/h4-11,14H,12-13H2,1-3H3,(H,24,27). The predicted molar refractivity (Wildman–Crippen MR) is 122 cm³/mol. The van der Waals surface area contributed by atoms with E-state index < -0.39 is 0 Å². The summed E-state index contributed by atoms with van der Waals surface area (Å²) in [5.74, 6) is -0.0385. The Morgan fingerprint density at radius 1 is 1.10 bits per heavy atom. The van der Waals surface area contributed by atoms with Crippen LogP contribution < -0.4 is 5.32 Å². The molecule has 4 nitrogen and oxygen atoms in total. The van der Waals surface area contributed by atoms with Gasteiger partial charge >= 0.3 is 0 Å². The van der Waals surface area contributed by atoms with Crippen LogP contribution in [0.4, 0.5) is 5.69 Å². The Morgan fingerprint density at radius 2 is 1.93 bits per heavy atom. The normalized spacial score (nSPS) is 11.0. The Kier molecular flexibility index (Phi) is 5.65. The van der Waals surface area contributed by atoms with E-state index in [2.05, 4.69) is 47.3 Å². The maximum Gasteiger partial charge on any atom is 0.231 e. The van der Waals surface area contributed by atoms with Crippen molar-refractivity contribution in [2.24, 2.45) is 0 Å². The number of nitrogens with zero attached hydrogens (tertiary/aromatic N) is 2. The molecule has 0 bridgehead atoms. The van der Waals surface area contributed by atoms with Crippen molar-refractivity contribution in [3.63, 3.8) is 0 Å². The Labute approximate surface area is 178 Å². The van der Waals surface area contributed by atoms with E-state index in [9.17, 15) is 4.79 Å². The highest BCUT2D eigenvalue weighted by Gasteiger charge is 2.15. The van der Waals surface area contributed by atoms with Crippen LogP contribution in [-0.2, 0) is 17.8 Å². The Bertz CT molecular complexity index is 1140. The van der Waals surface area contributed by atoms with Crippen LogP contribution in [0.2, 0.25) is 0 Å². The number of rotatable bonds is 6. The monoisotopic (exact) mass is 421 g/mol. The molecule has 1 N–H and O–H groups in total. The number of carbonyl (C=O) groups is 1. The summed E-state index contributed by atoms with van der Waals surface area (Å²) in [5.41, 5.74) is 6.42. The summed E-state index contributed by atoms with van der Waals surface area (Å²) in [6.45, 7) is 7.14. The van der Waals surface area contributed by atoms with E-state index >= 15 is 0 Å². The van der Waals surface area contributed by atoms with Crippen LogP contribution in [0, 0.1) is 20.8 Å². The van der Waals surface area contributed by atoms with Gasteiger partial charge in [0.05, 0.1) is 18.7 Å². The van der Waals surface area contributed by atoms with Gasteiger partial charge in [0, 0.05) is 32.9 Å². The quantitative estimate of drug-likeness (QED) is 0.426. The van der Waals surface area contributed by atoms with Gasteiger partial charge in [0.25, 0.3) is 0 Å². The number of para-hydroxylation sites is 1. The van der Waals surface area contributed by atoms with Gasteiger partial charge < -0.3 is 9.88 Å². The molecule has 1 amide bonds. The zero-order valence-corrected chi connectivity index (χ0v) is 18.4. The summed E-state index contributed by atoms with van der Waals surface area (Å²) in [6, 6.07) is 14.2. The molecule has 29 heavy (non-hydrogen) atoms. The molecule has 1 aromatic carbocycles. The number of amides is 1. The molecule has 0 unspecified atom stereocenters. The third-order valence-electron chi connectivity index (χ3n) is 5.03. The van der Waals surface area contributed by atoms with Crippen molar-refractivity contribution in [2.45, 2.75) is 33.7 Å². The van der Waals surface area contributed by atoms with Gasteiger partial charge in [-0.1, -0.05) is 24.3 Å². The van der Waals surface area contributed by atoms with Gasteiger partial charge in [0.1, 0.15) is 5.01 Å². The number of aryl methyl sites for hydroxylation is 2. The lowest BCUT2D eigenvalue weighted by atomic mass is 10.2. The first-order chi connectivity index (χ1) is 14.0. The highest BCUT2D eigenvalue weighted by atomic mass is 32.1. The summed E-state index contributed by atoms with van der Waals surface area (Å²) in [4.78, 5) is 18.5. The molecule has 3 aromatic heterocycles. The highest BCUT2D eigenvalue weighted by molar-refractivity contribution is 7.10. The number of hydrogen-bond donors (Lipinski definition) is 1. The van der Waals surface area contributed by atoms with E-state index in [1.165, 1.54) is 27.6 Å². The van der Waals surface area contributed by atoms with Gasteiger partial charge in [-0.15, -0.1) is 22.7 Å². The maximum atomic E-state index is 12.4. The fourth-order valence-corrected chi connectivity index (χ4v) is 4.91. The third kappa shape index (κ3) is 4.33. The molecule has 0 aliphatic rings. The van der Waals surface area contributed by atoms with Gasteiger partial charge in [0.15, 0.2) is 0 Å². The average Bonchev–Trinajstić information content (AvgIpc) is 3.42. The number of thiazole rings is 1. The Balaban J connectivity index is 1.49.